The Morgan fingerprint density at radius 2 is 2.06 bits per heavy atom. The highest BCUT2D eigenvalue weighted by atomic mass is 16.1. The van der Waals surface area contributed by atoms with Gasteiger partial charge in [0, 0.05) is 42.0 Å². The van der Waals surface area contributed by atoms with Gasteiger partial charge in [-0.25, -0.2) is 9.67 Å². The highest BCUT2D eigenvalue weighted by molar-refractivity contribution is 6.06. The molecule has 0 radical (unpaired) electrons. The van der Waals surface area contributed by atoms with Gasteiger partial charge in [-0.2, -0.15) is 5.10 Å². The number of amides is 1. The number of hydrogen-bond donors (Lipinski definition) is 2. The topological polar surface area (TPSA) is 105 Å². The van der Waals surface area contributed by atoms with E-state index in [1.165, 1.54) is 0 Å². The zero-order chi connectivity index (χ0) is 23.0. The normalized spacial score (nSPS) is 16.1. The molecule has 1 atom stereocenters. The van der Waals surface area contributed by atoms with Crippen LogP contribution in [-0.2, 0) is 6.54 Å². The zero-order valence-electron chi connectivity index (χ0n) is 19.3. The van der Waals surface area contributed by atoms with Gasteiger partial charge in [0.2, 0.25) is 0 Å². The number of carbonyl (C=O) groups is 1. The Morgan fingerprint density at radius 3 is 2.72 bits per heavy atom. The number of aromatic nitrogens is 4. The van der Waals surface area contributed by atoms with Gasteiger partial charge in [0.25, 0.3) is 11.5 Å². The van der Waals surface area contributed by atoms with Crippen LogP contribution in [0.15, 0.2) is 21.9 Å². The number of aliphatic imine (C=N–C) groups is 1. The molecule has 0 aliphatic carbocycles. The summed E-state index contributed by atoms with van der Waals surface area (Å²) in [6, 6.07) is 3.92. The first-order valence-electron chi connectivity index (χ1n) is 11.1. The molecule has 1 aliphatic rings. The molecule has 8 heteroatoms. The van der Waals surface area contributed by atoms with Gasteiger partial charge in [-0.05, 0) is 71.4 Å². The van der Waals surface area contributed by atoms with Crippen molar-refractivity contribution in [2.75, 3.05) is 6.54 Å². The van der Waals surface area contributed by atoms with Crippen LogP contribution in [0.2, 0.25) is 0 Å². The molecular formula is C24H30N6O2. The molecule has 0 bridgehead atoms. The third-order valence-electron chi connectivity index (χ3n) is 6.05. The molecule has 1 amide bonds. The standard InChI is InChI=1S/C24H30N6O2/c1-13(2)30-22-21(16(5)29-30)18(11-20(28-22)17-6-8-25-9-7-17)23(31)26-12-19-14(3)10-15(4)27-24(19)32/h8,10-11,13,17H,6-7,9,12H2,1-5H3,(H,26,31)(H,27,32). The van der Waals surface area contributed by atoms with Gasteiger partial charge in [-0.1, -0.05) is 0 Å². The number of fused-ring (bicyclic) bond motifs is 1. The predicted molar refractivity (Wildman–Crippen MR) is 126 cm³/mol. The minimum Gasteiger partial charge on any atom is -0.348 e. The van der Waals surface area contributed by atoms with Crippen molar-refractivity contribution >= 4 is 23.2 Å². The van der Waals surface area contributed by atoms with Crippen LogP contribution in [0.1, 0.15) is 77.2 Å². The molecule has 3 aromatic rings. The van der Waals surface area contributed by atoms with Crippen LogP contribution in [0.5, 0.6) is 0 Å². The molecule has 0 saturated carbocycles. The fourth-order valence-corrected chi connectivity index (χ4v) is 4.36. The van der Waals surface area contributed by atoms with Crippen LogP contribution < -0.4 is 10.9 Å². The van der Waals surface area contributed by atoms with Gasteiger partial charge in [0.1, 0.15) is 0 Å². The maximum Gasteiger partial charge on any atom is 0.253 e. The van der Waals surface area contributed by atoms with Crippen LogP contribution in [0.3, 0.4) is 0 Å². The summed E-state index contributed by atoms with van der Waals surface area (Å²) in [5.41, 5.74) is 4.99. The highest BCUT2D eigenvalue weighted by Gasteiger charge is 2.24. The van der Waals surface area contributed by atoms with Crippen molar-refractivity contribution in [2.45, 2.75) is 66.0 Å². The molecule has 1 aliphatic heterocycles. The molecule has 1 unspecified atom stereocenters. The van der Waals surface area contributed by atoms with Gasteiger partial charge >= 0.3 is 0 Å². The molecule has 168 valence electrons. The predicted octanol–water partition coefficient (Wildman–Crippen LogP) is 3.50. The summed E-state index contributed by atoms with van der Waals surface area (Å²) in [4.78, 5) is 37.8. The fraction of sp³-hybridized carbons (Fsp3) is 0.458. The average molecular weight is 435 g/mol. The first-order valence-corrected chi connectivity index (χ1v) is 11.1. The number of hydrogen-bond acceptors (Lipinski definition) is 5. The largest absolute Gasteiger partial charge is 0.348 e. The lowest BCUT2D eigenvalue weighted by atomic mass is 9.93. The van der Waals surface area contributed by atoms with Gasteiger partial charge in [-0.15, -0.1) is 0 Å². The van der Waals surface area contributed by atoms with E-state index in [-0.39, 0.29) is 30.0 Å². The second-order valence-electron chi connectivity index (χ2n) is 8.85. The van der Waals surface area contributed by atoms with Gasteiger partial charge in [0.05, 0.1) is 16.6 Å². The van der Waals surface area contributed by atoms with E-state index in [1.807, 2.05) is 43.8 Å². The molecular weight excluding hydrogens is 404 g/mol. The van der Waals surface area contributed by atoms with Crippen molar-refractivity contribution in [1.29, 1.82) is 0 Å². The van der Waals surface area contributed by atoms with Gasteiger partial charge < -0.3 is 10.3 Å². The van der Waals surface area contributed by atoms with Crippen LogP contribution >= 0.6 is 0 Å². The number of aromatic amines is 1. The SMILES string of the molecule is Cc1cc(C)c(CNC(=O)c2cc(C3CC=NCC3)nc3c2c(C)nn3C(C)C)c(=O)[nH]1. The number of pyridine rings is 2. The van der Waals surface area contributed by atoms with Crippen LogP contribution in [0.4, 0.5) is 0 Å². The maximum absolute atomic E-state index is 13.4. The van der Waals surface area contributed by atoms with Crippen molar-refractivity contribution in [3.05, 3.63) is 56.3 Å². The van der Waals surface area contributed by atoms with Crippen LogP contribution in [-0.4, -0.2) is 38.4 Å². The van der Waals surface area contributed by atoms with E-state index in [9.17, 15) is 9.59 Å². The summed E-state index contributed by atoms with van der Waals surface area (Å²) in [6.07, 6.45) is 3.66. The third-order valence-corrected chi connectivity index (χ3v) is 6.05. The summed E-state index contributed by atoms with van der Waals surface area (Å²) in [7, 11) is 0. The Hall–Kier alpha value is -3.29. The van der Waals surface area contributed by atoms with Gasteiger partial charge in [0.15, 0.2) is 5.65 Å². The van der Waals surface area contributed by atoms with Crippen molar-refractivity contribution in [1.82, 2.24) is 25.1 Å². The van der Waals surface area contributed by atoms with E-state index >= 15 is 0 Å². The molecule has 2 N–H and O–H groups in total. The lowest BCUT2D eigenvalue weighted by Gasteiger charge is -2.18. The molecule has 0 saturated heterocycles. The lowest BCUT2D eigenvalue weighted by molar-refractivity contribution is 0.0952. The summed E-state index contributed by atoms with van der Waals surface area (Å²) in [6.45, 7) is 10.7. The minimum atomic E-state index is -0.228. The number of rotatable bonds is 5. The van der Waals surface area contributed by atoms with Crippen LogP contribution in [0, 0.1) is 20.8 Å². The molecule has 0 aromatic carbocycles. The van der Waals surface area contributed by atoms with E-state index in [4.69, 9.17) is 4.98 Å². The molecule has 8 nitrogen and oxygen atoms in total. The number of H-pyrrole nitrogens is 1. The van der Waals surface area contributed by atoms with E-state index in [0.717, 1.165) is 53.1 Å². The average Bonchev–Trinajstić information content (AvgIpc) is 3.09. The van der Waals surface area contributed by atoms with E-state index in [2.05, 4.69) is 34.2 Å². The Kier molecular flexibility index (Phi) is 5.95. The fourth-order valence-electron chi connectivity index (χ4n) is 4.36. The van der Waals surface area contributed by atoms with E-state index in [0.29, 0.717) is 11.1 Å². The third kappa shape index (κ3) is 4.09. The Morgan fingerprint density at radius 1 is 1.28 bits per heavy atom. The Labute approximate surface area is 187 Å². The molecule has 3 aromatic heterocycles. The Balaban J connectivity index is 1.75. The van der Waals surface area contributed by atoms with Crippen LogP contribution in [0.25, 0.3) is 11.0 Å². The van der Waals surface area contributed by atoms with Crippen molar-refractivity contribution < 1.29 is 4.79 Å². The number of nitrogens with one attached hydrogen (secondary N) is 2. The highest BCUT2D eigenvalue weighted by Crippen LogP contribution is 2.30. The smallest absolute Gasteiger partial charge is 0.253 e. The van der Waals surface area contributed by atoms with Crippen molar-refractivity contribution in [3.63, 3.8) is 0 Å². The first kappa shape index (κ1) is 21.9. The van der Waals surface area contributed by atoms with E-state index in [1.54, 1.807) is 0 Å². The molecule has 0 spiro atoms. The van der Waals surface area contributed by atoms with Crippen molar-refractivity contribution in [2.24, 2.45) is 4.99 Å². The molecule has 4 rings (SSSR count). The minimum absolute atomic E-state index is 0.117. The quantitative estimate of drug-likeness (QED) is 0.641. The number of nitrogens with zero attached hydrogens (tertiary/aromatic N) is 4. The summed E-state index contributed by atoms with van der Waals surface area (Å²) in [5, 5.41) is 8.38. The number of carbonyl (C=O) groups excluding carboxylic acids is 1. The van der Waals surface area contributed by atoms with E-state index < -0.39 is 0 Å². The monoisotopic (exact) mass is 434 g/mol. The maximum atomic E-state index is 13.4. The second kappa shape index (κ2) is 8.68. The number of aryl methyl sites for hydroxylation is 3. The van der Waals surface area contributed by atoms with Crippen molar-refractivity contribution in [3.8, 4) is 0 Å². The summed E-state index contributed by atoms with van der Waals surface area (Å²) >= 11 is 0. The second-order valence-corrected chi connectivity index (χ2v) is 8.85. The summed E-state index contributed by atoms with van der Waals surface area (Å²) in [5.74, 6) is -0.00429. The first-order chi connectivity index (χ1) is 15.3. The molecule has 4 heterocycles. The Bertz CT molecular complexity index is 1270. The summed E-state index contributed by atoms with van der Waals surface area (Å²) < 4.78 is 1.89. The van der Waals surface area contributed by atoms with Gasteiger partial charge in [-0.3, -0.25) is 14.6 Å². The lowest BCUT2D eigenvalue weighted by Crippen LogP contribution is -2.28. The molecule has 0 fully saturated rings. The zero-order valence-corrected chi connectivity index (χ0v) is 19.3. The molecule has 32 heavy (non-hydrogen) atoms.